The lowest BCUT2D eigenvalue weighted by Gasteiger charge is -2.16. The lowest BCUT2D eigenvalue weighted by molar-refractivity contribution is -0.137. The molecule has 0 aliphatic carbocycles. The van der Waals surface area contributed by atoms with Crippen molar-refractivity contribution in [1.82, 2.24) is 25.2 Å². The van der Waals surface area contributed by atoms with Crippen LogP contribution in [0.2, 0.25) is 5.02 Å². The number of anilines is 2. The summed E-state index contributed by atoms with van der Waals surface area (Å²) in [4.78, 5) is 27.2. The van der Waals surface area contributed by atoms with Crippen LogP contribution in [0.3, 0.4) is 0 Å². The molecule has 1 amide bonds. The van der Waals surface area contributed by atoms with Gasteiger partial charge in [-0.3, -0.25) is 4.79 Å². The third-order valence-electron chi connectivity index (χ3n) is 4.77. The van der Waals surface area contributed by atoms with Crippen molar-refractivity contribution in [3.05, 3.63) is 62.5 Å². The second-order valence-corrected chi connectivity index (χ2v) is 9.36. The van der Waals surface area contributed by atoms with Crippen LogP contribution in [0.4, 0.5) is 24.7 Å². The summed E-state index contributed by atoms with van der Waals surface area (Å²) in [7, 11) is 3.64. The van der Waals surface area contributed by atoms with Gasteiger partial charge in [0.1, 0.15) is 22.8 Å². The number of rotatable bonds is 8. The van der Waals surface area contributed by atoms with Crippen molar-refractivity contribution in [2.45, 2.75) is 31.9 Å². The zero-order valence-corrected chi connectivity index (χ0v) is 20.5. The van der Waals surface area contributed by atoms with E-state index < -0.39 is 34.9 Å². The third kappa shape index (κ3) is 6.57. The van der Waals surface area contributed by atoms with Crippen LogP contribution < -0.4 is 16.4 Å². The molecule has 0 saturated carbocycles. The minimum absolute atomic E-state index is 0.0281. The number of benzene rings is 1. The van der Waals surface area contributed by atoms with E-state index in [4.69, 9.17) is 17.3 Å². The Morgan fingerprint density at radius 1 is 1.29 bits per heavy atom. The first-order chi connectivity index (χ1) is 16.4. The summed E-state index contributed by atoms with van der Waals surface area (Å²) in [5, 5.41) is 15.9. The van der Waals surface area contributed by atoms with Crippen molar-refractivity contribution < 1.29 is 23.1 Å². The Morgan fingerprint density at radius 2 is 2.00 bits per heavy atom. The van der Waals surface area contributed by atoms with Crippen molar-refractivity contribution in [3.8, 4) is 0 Å². The Labute approximate surface area is 208 Å². The van der Waals surface area contributed by atoms with Gasteiger partial charge in [-0.15, -0.1) is 11.3 Å². The number of nitrogens with two attached hydrogens (primary N) is 1. The highest BCUT2D eigenvalue weighted by Gasteiger charge is 2.33. The molecule has 1 aromatic carbocycles. The van der Waals surface area contributed by atoms with Gasteiger partial charge < -0.3 is 26.4 Å². The Morgan fingerprint density at radius 3 is 2.66 bits per heavy atom. The molecule has 2 aromatic heterocycles. The van der Waals surface area contributed by atoms with Gasteiger partial charge in [-0.25, -0.2) is 15.0 Å². The standard InChI is InChI=1S/C21H23ClF3N7O2S/c1-10(30-19(34)16-12(8-32(2)3)17(26)29-9-28-16)20-27-7-15(35-20)18(33)31-11-4-5-14(22)13(6-11)21(23,24)25/h4-7,9-10,18,31,33H,8H2,1-3H3,(H,30,34)(H2,26,28,29)/t10-,18?/m1/s1. The largest absolute Gasteiger partial charge is 0.417 e. The summed E-state index contributed by atoms with van der Waals surface area (Å²) >= 11 is 6.72. The molecular weight excluding hydrogens is 507 g/mol. The van der Waals surface area contributed by atoms with Gasteiger partial charge >= 0.3 is 6.18 Å². The second-order valence-electron chi connectivity index (χ2n) is 7.86. The van der Waals surface area contributed by atoms with E-state index in [1.165, 1.54) is 18.6 Å². The zero-order chi connectivity index (χ0) is 25.9. The number of aliphatic hydroxyl groups excluding tert-OH is 1. The molecule has 0 spiro atoms. The second kappa shape index (κ2) is 10.7. The first-order valence-corrected chi connectivity index (χ1v) is 11.4. The Bertz CT molecular complexity index is 1210. The SMILES string of the molecule is C[C@@H](NC(=O)c1ncnc(N)c1CN(C)C)c1ncc(C(O)Nc2ccc(Cl)c(C(F)(F)F)c2)s1. The lowest BCUT2D eigenvalue weighted by Crippen LogP contribution is -2.30. The molecule has 1 unspecified atom stereocenters. The van der Waals surface area contributed by atoms with E-state index in [0.29, 0.717) is 22.0 Å². The van der Waals surface area contributed by atoms with E-state index in [-0.39, 0.29) is 17.2 Å². The van der Waals surface area contributed by atoms with E-state index in [9.17, 15) is 23.1 Å². The fourth-order valence-electron chi connectivity index (χ4n) is 3.11. The topological polar surface area (TPSA) is 129 Å². The van der Waals surface area contributed by atoms with Gasteiger partial charge in [0, 0.05) is 24.0 Å². The molecule has 0 aliphatic heterocycles. The molecule has 0 bridgehead atoms. The molecule has 188 valence electrons. The first kappa shape index (κ1) is 26.6. The van der Waals surface area contributed by atoms with Gasteiger partial charge in [-0.05, 0) is 39.2 Å². The quantitative estimate of drug-likeness (QED) is 0.324. The fourth-order valence-corrected chi connectivity index (χ4v) is 4.19. The first-order valence-electron chi connectivity index (χ1n) is 10.2. The number of thiazole rings is 1. The van der Waals surface area contributed by atoms with E-state index in [2.05, 4.69) is 25.6 Å². The zero-order valence-electron chi connectivity index (χ0n) is 18.9. The van der Waals surface area contributed by atoms with Crippen LogP contribution in [0.1, 0.15) is 50.7 Å². The van der Waals surface area contributed by atoms with Crippen LogP contribution in [-0.4, -0.2) is 45.0 Å². The molecular formula is C21H23ClF3N7O2S. The van der Waals surface area contributed by atoms with Crippen molar-refractivity contribution in [2.24, 2.45) is 0 Å². The normalized spacial score (nSPS) is 13.5. The van der Waals surface area contributed by atoms with E-state index >= 15 is 0 Å². The van der Waals surface area contributed by atoms with Crippen molar-refractivity contribution in [3.63, 3.8) is 0 Å². The Balaban J connectivity index is 1.71. The molecule has 3 aromatic rings. The monoisotopic (exact) mass is 529 g/mol. The molecule has 5 N–H and O–H groups in total. The summed E-state index contributed by atoms with van der Waals surface area (Å²) in [5.74, 6) is -0.271. The lowest BCUT2D eigenvalue weighted by atomic mass is 10.1. The van der Waals surface area contributed by atoms with Crippen LogP contribution in [0, 0.1) is 0 Å². The molecule has 0 saturated heterocycles. The molecule has 3 rings (SSSR count). The van der Waals surface area contributed by atoms with E-state index in [1.807, 2.05) is 19.0 Å². The number of aliphatic hydroxyl groups is 1. The molecule has 14 heteroatoms. The van der Waals surface area contributed by atoms with Crippen LogP contribution in [0.5, 0.6) is 0 Å². The summed E-state index contributed by atoms with van der Waals surface area (Å²) < 4.78 is 39.2. The highest BCUT2D eigenvalue weighted by atomic mass is 35.5. The molecule has 2 heterocycles. The Kier molecular flexibility index (Phi) is 8.15. The van der Waals surface area contributed by atoms with Crippen LogP contribution >= 0.6 is 22.9 Å². The van der Waals surface area contributed by atoms with E-state index in [0.717, 1.165) is 23.5 Å². The summed E-state index contributed by atoms with van der Waals surface area (Å²) in [6, 6.07) is 2.68. The predicted molar refractivity (Wildman–Crippen MR) is 127 cm³/mol. The highest BCUT2D eigenvalue weighted by Crippen LogP contribution is 2.37. The maximum Gasteiger partial charge on any atom is 0.417 e. The van der Waals surface area contributed by atoms with Gasteiger partial charge in [-0.2, -0.15) is 13.2 Å². The fraction of sp³-hybridized carbons (Fsp3) is 0.333. The van der Waals surface area contributed by atoms with Crippen LogP contribution in [0.15, 0.2) is 30.7 Å². The number of halogens is 4. The smallest absolute Gasteiger partial charge is 0.383 e. The van der Waals surface area contributed by atoms with Gasteiger partial charge in [0.2, 0.25) is 0 Å². The highest BCUT2D eigenvalue weighted by molar-refractivity contribution is 7.11. The number of carbonyl (C=O) groups excluding carboxylic acids is 1. The van der Waals surface area contributed by atoms with Crippen LogP contribution in [0.25, 0.3) is 0 Å². The number of nitrogens with zero attached hydrogens (tertiary/aromatic N) is 4. The number of hydrogen-bond donors (Lipinski definition) is 4. The van der Waals surface area contributed by atoms with Gasteiger partial charge in [0.25, 0.3) is 5.91 Å². The minimum Gasteiger partial charge on any atom is -0.383 e. The number of alkyl halides is 3. The third-order valence-corrected chi connectivity index (χ3v) is 6.33. The average molecular weight is 530 g/mol. The number of nitrogens with one attached hydrogen (secondary N) is 2. The predicted octanol–water partition coefficient (Wildman–Crippen LogP) is 3.84. The van der Waals surface area contributed by atoms with Gasteiger partial charge in [-0.1, -0.05) is 11.6 Å². The van der Waals surface area contributed by atoms with Crippen molar-refractivity contribution >= 4 is 40.4 Å². The summed E-state index contributed by atoms with van der Waals surface area (Å²) in [6.45, 7) is 2.06. The maximum atomic E-state index is 13.1. The van der Waals surface area contributed by atoms with Gasteiger partial charge in [0.15, 0.2) is 6.23 Å². The number of hydrogen-bond acceptors (Lipinski definition) is 9. The molecule has 2 atom stereocenters. The average Bonchev–Trinajstić information content (AvgIpc) is 3.26. The Hall–Kier alpha value is -3.00. The number of amides is 1. The number of aromatic nitrogens is 3. The van der Waals surface area contributed by atoms with E-state index in [1.54, 1.807) is 6.92 Å². The molecule has 0 radical (unpaired) electrons. The van der Waals surface area contributed by atoms with Crippen LogP contribution in [-0.2, 0) is 12.7 Å². The van der Waals surface area contributed by atoms with Gasteiger partial charge in [0.05, 0.1) is 21.5 Å². The minimum atomic E-state index is -4.63. The molecule has 35 heavy (non-hydrogen) atoms. The summed E-state index contributed by atoms with van der Waals surface area (Å²) in [5.41, 5.74) is 5.56. The van der Waals surface area contributed by atoms with Crippen molar-refractivity contribution in [2.75, 3.05) is 25.1 Å². The molecule has 0 fully saturated rings. The summed E-state index contributed by atoms with van der Waals surface area (Å²) in [6.07, 6.45) is -3.38. The molecule has 0 aliphatic rings. The number of carbonyl (C=O) groups is 1. The van der Waals surface area contributed by atoms with Crippen molar-refractivity contribution in [1.29, 1.82) is 0 Å². The maximum absolute atomic E-state index is 13.1. The molecule has 9 nitrogen and oxygen atoms in total. The number of nitrogen functional groups attached to an aromatic ring is 1.